The molecule has 0 amide bonds. The van der Waals surface area contributed by atoms with Crippen molar-refractivity contribution in [2.24, 2.45) is 10.4 Å². The highest BCUT2D eigenvalue weighted by Crippen LogP contribution is 2.38. The highest BCUT2D eigenvalue weighted by Gasteiger charge is 2.42. The summed E-state index contributed by atoms with van der Waals surface area (Å²) in [7, 11) is 1.68. The molecule has 0 saturated carbocycles. The van der Waals surface area contributed by atoms with Gasteiger partial charge in [0.2, 0.25) is 0 Å². The van der Waals surface area contributed by atoms with Crippen LogP contribution in [-0.2, 0) is 16.1 Å². The van der Waals surface area contributed by atoms with Crippen LogP contribution < -0.4 is 10.1 Å². The van der Waals surface area contributed by atoms with E-state index in [9.17, 15) is 0 Å². The fourth-order valence-electron chi connectivity index (χ4n) is 3.73. The Hall–Kier alpha value is -1.06. The molecule has 1 N–H and O–H groups in total. The average molecular weight is 489 g/mol. The predicted octanol–water partition coefficient (Wildman–Crippen LogP) is 2.91. The summed E-state index contributed by atoms with van der Waals surface area (Å²) in [5.74, 6) is 1.86. The van der Waals surface area contributed by atoms with Gasteiger partial charge in [-0.2, -0.15) is 0 Å². The number of likely N-dealkylation sites (tertiary alicyclic amines) is 1. The molecule has 2 aliphatic rings. The van der Waals surface area contributed by atoms with Gasteiger partial charge in [0.1, 0.15) is 5.75 Å². The van der Waals surface area contributed by atoms with Gasteiger partial charge in [-0.15, -0.1) is 24.0 Å². The third-order valence-corrected chi connectivity index (χ3v) is 5.21. The van der Waals surface area contributed by atoms with Gasteiger partial charge in [0.25, 0.3) is 0 Å². The van der Waals surface area contributed by atoms with Gasteiger partial charge in [0, 0.05) is 37.2 Å². The van der Waals surface area contributed by atoms with Crippen molar-refractivity contribution in [3.63, 3.8) is 0 Å². The first-order valence-electron chi connectivity index (χ1n) is 9.57. The van der Waals surface area contributed by atoms with Crippen molar-refractivity contribution in [2.75, 3.05) is 53.1 Å². The summed E-state index contributed by atoms with van der Waals surface area (Å²) in [6, 6.07) is 7.95. The van der Waals surface area contributed by atoms with Crippen molar-refractivity contribution in [3.8, 4) is 5.75 Å². The number of nitrogens with zero attached hydrogens (tertiary/aromatic N) is 2. The van der Waals surface area contributed by atoms with Crippen molar-refractivity contribution in [3.05, 3.63) is 29.8 Å². The molecule has 152 valence electrons. The number of halogens is 1. The number of rotatable bonds is 7. The van der Waals surface area contributed by atoms with E-state index in [-0.39, 0.29) is 24.0 Å². The van der Waals surface area contributed by atoms with Crippen molar-refractivity contribution >= 4 is 29.9 Å². The Morgan fingerprint density at radius 3 is 2.93 bits per heavy atom. The van der Waals surface area contributed by atoms with Crippen molar-refractivity contribution < 1.29 is 14.2 Å². The summed E-state index contributed by atoms with van der Waals surface area (Å²) < 4.78 is 16.8. The van der Waals surface area contributed by atoms with Crippen LogP contribution in [0.1, 0.15) is 25.3 Å². The van der Waals surface area contributed by atoms with Crippen LogP contribution in [0.5, 0.6) is 5.75 Å². The molecule has 2 aliphatic heterocycles. The van der Waals surface area contributed by atoms with Gasteiger partial charge in [0.05, 0.1) is 33.5 Å². The number of hydrogen-bond acceptors (Lipinski definition) is 4. The van der Waals surface area contributed by atoms with Crippen molar-refractivity contribution in [2.45, 2.75) is 26.4 Å². The summed E-state index contributed by atoms with van der Waals surface area (Å²) in [6.45, 7) is 8.66. The minimum absolute atomic E-state index is 0. The number of methoxy groups -OCH3 is 1. The molecule has 27 heavy (non-hydrogen) atoms. The smallest absolute Gasteiger partial charge is 0.194 e. The van der Waals surface area contributed by atoms with Gasteiger partial charge in [-0.25, -0.2) is 0 Å². The molecule has 3 rings (SSSR count). The summed E-state index contributed by atoms with van der Waals surface area (Å²) in [5.41, 5.74) is 1.41. The van der Waals surface area contributed by atoms with E-state index in [0.29, 0.717) is 25.2 Å². The standard InChI is InChI=1S/C20H31N3O3.HI/c1-3-21-19(23-11-8-20(15-23)9-12-26-16-20)22-10-13-25-14-17-6-4-5-7-18(17)24-2;/h4-7H,3,8-16H2,1-2H3,(H,21,22);1H. The van der Waals surface area contributed by atoms with Crippen LogP contribution in [0.4, 0.5) is 0 Å². The van der Waals surface area contributed by atoms with E-state index in [1.165, 1.54) is 12.8 Å². The van der Waals surface area contributed by atoms with E-state index in [2.05, 4.69) is 17.1 Å². The SMILES string of the molecule is CCNC(=NCCOCc1ccccc1OC)N1CCC2(CCOC2)C1.I. The molecular weight excluding hydrogens is 457 g/mol. The van der Waals surface area contributed by atoms with Gasteiger partial charge in [-0.3, -0.25) is 4.99 Å². The summed E-state index contributed by atoms with van der Waals surface area (Å²) in [4.78, 5) is 7.13. The molecule has 2 saturated heterocycles. The number of ether oxygens (including phenoxy) is 3. The zero-order valence-electron chi connectivity index (χ0n) is 16.4. The summed E-state index contributed by atoms with van der Waals surface area (Å²) >= 11 is 0. The molecule has 0 aromatic heterocycles. The molecule has 2 heterocycles. The summed E-state index contributed by atoms with van der Waals surface area (Å²) in [6.07, 6.45) is 2.37. The number of nitrogens with one attached hydrogen (secondary N) is 1. The first-order valence-corrected chi connectivity index (χ1v) is 9.57. The number of aliphatic imine (C=N–C) groups is 1. The average Bonchev–Trinajstić information content (AvgIpc) is 3.31. The third-order valence-electron chi connectivity index (χ3n) is 5.21. The van der Waals surface area contributed by atoms with Crippen LogP contribution in [0.2, 0.25) is 0 Å². The minimum Gasteiger partial charge on any atom is -0.496 e. The summed E-state index contributed by atoms with van der Waals surface area (Å²) in [5, 5.41) is 3.42. The molecule has 0 aliphatic carbocycles. The largest absolute Gasteiger partial charge is 0.496 e. The van der Waals surface area contributed by atoms with Gasteiger partial charge in [0.15, 0.2) is 5.96 Å². The fraction of sp³-hybridized carbons (Fsp3) is 0.650. The number of benzene rings is 1. The minimum atomic E-state index is 0. The monoisotopic (exact) mass is 489 g/mol. The van der Waals surface area contributed by atoms with Gasteiger partial charge in [-0.05, 0) is 25.8 Å². The molecule has 6 nitrogen and oxygen atoms in total. The Bertz CT molecular complexity index is 606. The lowest BCUT2D eigenvalue weighted by atomic mass is 9.87. The Morgan fingerprint density at radius 1 is 1.33 bits per heavy atom. The van der Waals surface area contributed by atoms with Gasteiger partial charge in [-0.1, -0.05) is 18.2 Å². The first-order chi connectivity index (χ1) is 12.8. The second kappa shape index (κ2) is 11.1. The number of guanidine groups is 1. The number of para-hydroxylation sites is 1. The fourth-order valence-corrected chi connectivity index (χ4v) is 3.73. The van der Waals surface area contributed by atoms with Crippen LogP contribution >= 0.6 is 24.0 Å². The highest BCUT2D eigenvalue weighted by atomic mass is 127. The normalized spacial score (nSPS) is 22.1. The van der Waals surface area contributed by atoms with Crippen LogP contribution in [0.3, 0.4) is 0 Å². The second-order valence-electron chi connectivity index (χ2n) is 7.07. The maximum Gasteiger partial charge on any atom is 0.194 e. The second-order valence-corrected chi connectivity index (χ2v) is 7.07. The van der Waals surface area contributed by atoms with Gasteiger partial charge < -0.3 is 24.4 Å². The van der Waals surface area contributed by atoms with E-state index < -0.39 is 0 Å². The molecule has 1 aromatic rings. The molecule has 1 unspecified atom stereocenters. The molecular formula is C20H32IN3O3. The number of hydrogen-bond donors (Lipinski definition) is 1. The maximum atomic E-state index is 5.79. The maximum absolute atomic E-state index is 5.79. The van der Waals surface area contributed by atoms with E-state index in [0.717, 1.165) is 50.1 Å². The van der Waals surface area contributed by atoms with Crippen molar-refractivity contribution in [1.29, 1.82) is 0 Å². The van der Waals surface area contributed by atoms with E-state index in [4.69, 9.17) is 19.2 Å². The molecule has 7 heteroatoms. The van der Waals surface area contributed by atoms with Crippen molar-refractivity contribution in [1.82, 2.24) is 10.2 Å². The zero-order chi connectivity index (χ0) is 18.2. The molecule has 1 spiro atoms. The lowest BCUT2D eigenvalue weighted by molar-refractivity contribution is 0.126. The van der Waals surface area contributed by atoms with Gasteiger partial charge >= 0.3 is 0 Å². The van der Waals surface area contributed by atoms with Crippen LogP contribution in [0.15, 0.2) is 29.3 Å². The van der Waals surface area contributed by atoms with Crippen LogP contribution in [0, 0.1) is 5.41 Å². The molecule has 2 fully saturated rings. The molecule has 0 bridgehead atoms. The lowest BCUT2D eigenvalue weighted by Crippen LogP contribution is -2.41. The van der Waals surface area contributed by atoms with E-state index in [1.54, 1.807) is 7.11 Å². The Labute approximate surface area is 179 Å². The first kappa shape index (κ1) is 22.2. The molecule has 0 radical (unpaired) electrons. The Kier molecular flexibility index (Phi) is 9.11. The van der Waals surface area contributed by atoms with Crippen LogP contribution in [0.25, 0.3) is 0 Å². The van der Waals surface area contributed by atoms with Crippen LogP contribution in [-0.4, -0.2) is 64.0 Å². The van der Waals surface area contributed by atoms with E-state index in [1.807, 2.05) is 24.3 Å². The zero-order valence-corrected chi connectivity index (χ0v) is 18.7. The highest BCUT2D eigenvalue weighted by molar-refractivity contribution is 14.0. The predicted molar refractivity (Wildman–Crippen MR) is 118 cm³/mol. The third kappa shape index (κ3) is 5.96. The van der Waals surface area contributed by atoms with E-state index >= 15 is 0 Å². The molecule has 1 aromatic carbocycles. The Morgan fingerprint density at radius 2 is 2.19 bits per heavy atom. The topological polar surface area (TPSA) is 55.3 Å². The molecule has 1 atom stereocenters. The quantitative estimate of drug-likeness (QED) is 0.276. The lowest BCUT2D eigenvalue weighted by Gasteiger charge is -2.25. The Balaban J connectivity index is 0.00000261.